The van der Waals surface area contributed by atoms with Crippen molar-refractivity contribution in [1.82, 2.24) is 4.57 Å². The van der Waals surface area contributed by atoms with Crippen LogP contribution in [0.1, 0.15) is 27.0 Å². The second-order valence-electron chi connectivity index (χ2n) is 10.5. The number of alkyl halides is 6. The summed E-state index contributed by atoms with van der Waals surface area (Å²) in [6, 6.07) is 26.4. The van der Waals surface area contributed by atoms with Crippen LogP contribution < -0.4 is 4.90 Å². The van der Waals surface area contributed by atoms with Crippen molar-refractivity contribution in [1.29, 1.82) is 0 Å². The zero-order valence-corrected chi connectivity index (χ0v) is 23.4. The van der Waals surface area contributed by atoms with E-state index < -0.39 is 29.4 Å². The summed E-state index contributed by atoms with van der Waals surface area (Å²) in [5, 5.41) is 0.519. The van der Waals surface area contributed by atoms with E-state index in [-0.39, 0.29) is 38.7 Å². The van der Waals surface area contributed by atoms with E-state index in [1.165, 1.54) is 22.8 Å². The van der Waals surface area contributed by atoms with E-state index >= 15 is 0 Å². The molecule has 0 aliphatic rings. The topological polar surface area (TPSA) is 42.3 Å². The number of anilines is 1. The summed E-state index contributed by atoms with van der Waals surface area (Å²) in [6.45, 7) is 1.58. The third-order valence-electron chi connectivity index (χ3n) is 7.70. The van der Waals surface area contributed by atoms with Crippen molar-refractivity contribution in [3.8, 4) is 16.8 Å². The molecule has 0 saturated carbocycles. The maximum atomic E-state index is 14.1. The molecule has 1 aromatic heterocycles. The second-order valence-corrected chi connectivity index (χ2v) is 10.5. The van der Waals surface area contributed by atoms with E-state index in [1.807, 2.05) is 30.3 Å². The third-order valence-corrected chi connectivity index (χ3v) is 7.70. The van der Waals surface area contributed by atoms with Crippen molar-refractivity contribution in [2.45, 2.75) is 19.3 Å². The monoisotopic (exact) mass is 616 g/mol. The molecule has 6 aromatic rings. The van der Waals surface area contributed by atoms with Crippen LogP contribution in [0.15, 0.2) is 109 Å². The summed E-state index contributed by atoms with van der Waals surface area (Å²) in [5.41, 5.74) is 0.165. The van der Waals surface area contributed by atoms with Gasteiger partial charge in [-0.15, -0.1) is 0 Å². The van der Waals surface area contributed by atoms with Crippen molar-refractivity contribution in [3.05, 3.63) is 131 Å². The first-order chi connectivity index (χ1) is 21.4. The van der Waals surface area contributed by atoms with E-state index in [9.17, 15) is 35.9 Å². The standard InChI is InChI=1S/C35H22F6N2O2/c1-21-6-5-9-29(32(21)33(45)42(20-44)26-14-10-23(11-15-26)22-7-3-2-4-8-22)43-30-18-24(34(36,37)38)12-16-27(30)28-17-13-25(19-31(28)43)35(39,40)41/h2-20H,1H3. The van der Waals surface area contributed by atoms with Gasteiger partial charge in [0.15, 0.2) is 0 Å². The van der Waals surface area contributed by atoms with Crippen molar-refractivity contribution >= 4 is 39.8 Å². The molecule has 226 valence electrons. The summed E-state index contributed by atoms with van der Waals surface area (Å²) in [4.78, 5) is 27.3. The Bertz CT molecular complexity index is 2010. The Morgan fingerprint density at radius 1 is 0.667 bits per heavy atom. The Labute approximate surface area is 252 Å². The highest BCUT2D eigenvalue weighted by Gasteiger charge is 2.34. The Hall–Kier alpha value is -5.38. The molecule has 0 saturated heterocycles. The van der Waals surface area contributed by atoms with Crippen LogP contribution in [-0.2, 0) is 17.1 Å². The molecule has 0 aliphatic heterocycles. The largest absolute Gasteiger partial charge is 0.416 e. The quantitative estimate of drug-likeness (QED) is 0.143. The Balaban J connectivity index is 1.57. The van der Waals surface area contributed by atoms with Gasteiger partial charge in [0.05, 0.1) is 39.1 Å². The van der Waals surface area contributed by atoms with Gasteiger partial charge in [-0.2, -0.15) is 26.3 Å². The first-order valence-corrected chi connectivity index (χ1v) is 13.7. The van der Waals surface area contributed by atoms with Crippen molar-refractivity contribution in [2.24, 2.45) is 0 Å². The minimum atomic E-state index is -4.74. The number of hydrogen-bond donors (Lipinski definition) is 0. The molecular formula is C35H22F6N2O2. The first-order valence-electron chi connectivity index (χ1n) is 13.7. The number of aryl methyl sites for hydroxylation is 1. The van der Waals surface area contributed by atoms with Gasteiger partial charge >= 0.3 is 12.4 Å². The SMILES string of the molecule is Cc1cccc(-n2c3cc(C(F)(F)F)ccc3c3ccc(C(F)(F)F)cc32)c1C(=O)N(C=O)c1ccc(-c2ccccc2)cc1. The minimum absolute atomic E-state index is 0.0198. The molecule has 4 nitrogen and oxygen atoms in total. The normalized spacial score (nSPS) is 12.1. The van der Waals surface area contributed by atoms with Crippen LogP contribution in [0.3, 0.4) is 0 Å². The number of aromatic nitrogens is 1. The van der Waals surface area contributed by atoms with Crippen molar-refractivity contribution in [3.63, 3.8) is 0 Å². The number of rotatable bonds is 5. The highest BCUT2D eigenvalue weighted by molar-refractivity contribution is 6.19. The number of hydrogen-bond acceptors (Lipinski definition) is 2. The molecule has 2 amide bonds. The van der Waals surface area contributed by atoms with Crippen LogP contribution >= 0.6 is 0 Å². The number of imide groups is 1. The van der Waals surface area contributed by atoms with Crippen LogP contribution in [0.2, 0.25) is 0 Å². The van der Waals surface area contributed by atoms with Crippen LogP contribution in [0, 0.1) is 6.92 Å². The van der Waals surface area contributed by atoms with Gasteiger partial charge in [-0.25, -0.2) is 4.90 Å². The molecule has 0 spiro atoms. The lowest BCUT2D eigenvalue weighted by atomic mass is 10.0. The number of benzene rings is 5. The Morgan fingerprint density at radius 3 is 1.71 bits per heavy atom. The fraction of sp³-hybridized carbons (Fsp3) is 0.0857. The zero-order chi connectivity index (χ0) is 32.1. The lowest BCUT2D eigenvalue weighted by molar-refractivity contribution is -0.138. The van der Waals surface area contributed by atoms with Gasteiger partial charge in [0.1, 0.15) is 0 Å². The Morgan fingerprint density at radius 2 is 1.20 bits per heavy atom. The maximum absolute atomic E-state index is 14.1. The van der Waals surface area contributed by atoms with Gasteiger partial charge in [-0.3, -0.25) is 9.59 Å². The molecule has 0 bridgehead atoms. The highest BCUT2D eigenvalue weighted by atomic mass is 19.4. The number of carbonyl (C=O) groups excluding carboxylic acids is 2. The van der Waals surface area contributed by atoms with E-state index in [2.05, 4.69) is 0 Å². The summed E-state index contributed by atoms with van der Waals surface area (Å²) >= 11 is 0. The number of amides is 2. The molecule has 0 N–H and O–H groups in total. The number of carbonyl (C=O) groups is 2. The van der Waals surface area contributed by atoms with E-state index in [0.717, 1.165) is 40.3 Å². The number of halogens is 6. The minimum Gasteiger partial charge on any atom is -0.308 e. The van der Waals surface area contributed by atoms with Crippen LogP contribution in [0.25, 0.3) is 38.6 Å². The van der Waals surface area contributed by atoms with E-state index in [1.54, 1.807) is 43.3 Å². The first kappa shape index (κ1) is 29.7. The van der Waals surface area contributed by atoms with Gasteiger partial charge < -0.3 is 4.57 Å². The molecule has 0 fully saturated rings. The van der Waals surface area contributed by atoms with Gasteiger partial charge in [0.2, 0.25) is 6.41 Å². The van der Waals surface area contributed by atoms with E-state index in [4.69, 9.17) is 0 Å². The predicted molar refractivity (Wildman–Crippen MR) is 160 cm³/mol. The average molecular weight is 617 g/mol. The molecular weight excluding hydrogens is 594 g/mol. The summed E-state index contributed by atoms with van der Waals surface area (Å²) in [6.07, 6.45) is -9.15. The average Bonchev–Trinajstić information content (AvgIpc) is 3.34. The van der Waals surface area contributed by atoms with Gasteiger partial charge in [-0.1, -0.05) is 66.7 Å². The molecule has 0 unspecified atom stereocenters. The van der Waals surface area contributed by atoms with Gasteiger partial charge in [0, 0.05) is 10.8 Å². The van der Waals surface area contributed by atoms with Crippen LogP contribution in [0.4, 0.5) is 32.0 Å². The predicted octanol–water partition coefficient (Wildman–Crippen LogP) is 9.60. The van der Waals surface area contributed by atoms with Crippen molar-refractivity contribution < 1.29 is 35.9 Å². The molecule has 0 aliphatic carbocycles. The molecule has 6 rings (SSSR count). The lowest BCUT2D eigenvalue weighted by Crippen LogP contribution is -2.31. The molecule has 0 radical (unpaired) electrons. The van der Waals surface area contributed by atoms with Crippen molar-refractivity contribution in [2.75, 3.05) is 4.90 Å². The summed E-state index contributed by atoms with van der Waals surface area (Å²) < 4.78 is 84.1. The highest BCUT2D eigenvalue weighted by Crippen LogP contribution is 2.40. The molecule has 0 atom stereocenters. The Kier molecular flexibility index (Phi) is 7.23. The molecule has 10 heteroatoms. The number of nitrogens with zero attached hydrogens (tertiary/aromatic N) is 2. The summed E-state index contributed by atoms with van der Waals surface area (Å²) in [5.74, 6) is -0.806. The van der Waals surface area contributed by atoms with Crippen LogP contribution in [-0.4, -0.2) is 16.9 Å². The molecule has 5 aromatic carbocycles. The lowest BCUT2D eigenvalue weighted by Gasteiger charge is -2.21. The summed E-state index contributed by atoms with van der Waals surface area (Å²) in [7, 11) is 0. The van der Waals surface area contributed by atoms with Crippen LogP contribution in [0.5, 0.6) is 0 Å². The van der Waals surface area contributed by atoms with Gasteiger partial charge in [0.25, 0.3) is 5.91 Å². The molecule has 45 heavy (non-hydrogen) atoms. The fourth-order valence-electron chi connectivity index (χ4n) is 5.54. The second kappa shape index (κ2) is 11.0. The number of fused-ring (bicyclic) bond motifs is 3. The third kappa shape index (κ3) is 5.32. The smallest absolute Gasteiger partial charge is 0.308 e. The maximum Gasteiger partial charge on any atom is 0.416 e. The molecule has 1 heterocycles. The fourth-order valence-corrected chi connectivity index (χ4v) is 5.54. The zero-order valence-electron chi connectivity index (χ0n) is 23.4. The van der Waals surface area contributed by atoms with Gasteiger partial charge in [-0.05, 0) is 66.1 Å². The van der Waals surface area contributed by atoms with E-state index in [0.29, 0.717) is 12.0 Å².